The van der Waals surface area contributed by atoms with E-state index in [9.17, 15) is 0 Å². The van der Waals surface area contributed by atoms with Crippen molar-refractivity contribution in [3.8, 4) is 0 Å². The lowest BCUT2D eigenvalue weighted by molar-refractivity contribution is 0.671. The summed E-state index contributed by atoms with van der Waals surface area (Å²) in [5, 5.41) is 2.50. The molecule has 0 saturated carbocycles. The highest BCUT2D eigenvalue weighted by Crippen LogP contribution is 2.40. The number of unbranched alkanes of at least 4 members (excludes halogenated alkanes) is 3. The van der Waals surface area contributed by atoms with E-state index in [0.29, 0.717) is 0 Å². The molecule has 1 aliphatic heterocycles. The van der Waals surface area contributed by atoms with Gasteiger partial charge in [0.15, 0.2) is 0 Å². The normalized spacial score (nSPS) is 12.4. The molecule has 0 aromatic heterocycles. The van der Waals surface area contributed by atoms with Crippen molar-refractivity contribution < 1.29 is 0 Å². The maximum absolute atomic E-state index is 5.23. The van der Waals surface area contributed by atoms with E-state index in [0.717, 1.165) is 47.1 Å². The molecule has 0 unspecified atom stereocenters. The van der Waals surface area contributed by atoms with Crippen LogP contribution in [0.2, 0.25) is 0 Å². The van der Waals surface area contributed by atoms with Crippen LogP contribution in [0.15, 0.2) is 126 Å². The number of hydrogen-bond acceptors (Lipinski definition) is 3. The fourth-order valence-electron chi connectivity index (χ4n) is 5.41. The minimum atomic E-state index is 0.966. The van der Waals surface area contributed by atoms with Gasteiger partial charge in [-0.15, -0.1) is 0 Å². The first-order chi connectivity index (χ1) is 18.8. The van der Waals surface area contributed by atoms with E-state index in [-0.39, 0.29) is 0 Å². The van der Waals surface area contributed by atoms with E-state index in [1.807, 2.05) is 0 Å². The summed E-state index contributed by atoms with van der Waals surface area (Å²) in [6, 6.07) is 43.0. The average Bonchev–Trinajstić information content (AvgIpc) is 2.98. The molecule has 0 aliphatic carbocycles. The highest BCUT2D eigenvalue weighted by atomic mass is 15.2. The number of para-hydroxylation sites is 2. The van der Waals surface area contributed by atoms with Gasteiger partial charge in [-0.3, -0.25) is 0 Å². The summed E-state index contributed by atoms with van der Waals surface area (Å²) in [7, 11) is 0. The quantitative estimate of drug-likeness (QED) is 0.190. The maximum atomic E-state index is 5.23. The van der Waals surface area contributed by atoms with Crippen LogP contribution in [0.25, 0.3) is 10.8 Å². The Kier molecular flexibility index (Phi) is 6.91. The van der Waals surface area contributed by atoms with Crippen LogP contribution in [0.5, 0.6) is 0 Å². The Labute approximate surface area is 225 Å². The highest BCUT2D eigenvalue weighted by molar-refractivity contribution is 6.20. The zero-order valence-corrected chi connectivity index (χ0v) is 21.9. The van der Waals surface area contributed by atoms with Crippen molar-refractivity contribution in [1.29, 1.82) is 0 Å². The molecule has 5 aromatic rings. The summed E-state index contributed by atoms with van der Waals surface area (Å²) >= 11 is 0. The fourth-order valence-corrected chi connectivity index (χ4v) is 5.41. The molecule has 188 valence electrons. The van der Waals surface area contributed by atoms with Crippen molar-refractivity contribution in [2.75, 3.05) is 16.3 Å². The first kappa shape index (κ1) is 24.0. The van der Waals surface area contributed by atoms with E-state index in [1.54, 1.807) is 0 Å². The first-order valence-electron chi connectivity index (χ1n) is 13.7. The number of amidine groups is 1. The summed E-state index contributed by atoms with van der Waals surface area (Å²) in [6.45, 7) is 3.23. The van der Waals surface area contributed by atoms with Crippen LogP contribution in [-0.2, 0) is 0 Å². The zero-order chi connectivity index (χ0) is 25.7. The number of rotatable bonds is 9. The Morgan fingerprint density at radius 2 is 1.24 bits per heavy atom. The van der Waals surface area contributed by atoms with Crippen LogP contribution in [0, 0.1) is 0 Å². The molecule has 38 heavy (non-hydrogen) atoms. The summed E-state index contributed by atoms with van der Waals surface area (Å²) in [5.74, 6) is 1.03. The van der Waals surface area contributed by atoms with Crippen LogP contribution in [0.1, 0.15) is 38.2 Å². The molecule has 0 bridgehead atoms. The zero-order valence-electron chi connectivity index (χ0n) is 21.9. The van der Waals surface area contributed by atoms with Crippen LogP contribution in [0.3, 0.4) is 0 Å². The van der Waals surface area contributed by atoms with E-state index in [1.165, 1.54) is 35.7 Å². The SMILES string of the molecule is CCCCCCN1C(c2ccc(N(c3ccccc3)c3ccccc3)cc2)=Nc2cccc3cccc1c23. The molecule has 0 radical (unpaired) electrons. The summed E-state index contributed by atoms with van der Waals surface area (Å²) in [6.07, 6.45) is 4.89. The topological polar surface area (TPSA) is 18.8 Å². The third kappa shape index (κ3) is 4.68. The molecule has 0 saturated heterocycles. The fraction of sp³-hybridized carbons (Fsp3) is 0.171. The molecule has 0 N–H and O–H groups in total. The predicted octanol–water partition coefficient (Wildman–Crippen LogP) is 9.79. The van der Waals surface area contributed by atoms with Gasteiger partial charge in [0, 0.05) is 34.6 Å². The number of aliphatic imine (C=N–C) groups is 1. The Hall–Kier alpha value is -4.37. The van der Waals surface area contributed by atoms with Gasteiger partial charge in [-0.05, 0) is 72.5 Å². The Bertz CT molecular complexity index is 1490. The van der Waals surface area contributed by atoms with E-state index >= 15 is 0 Å². The summed E-state index contributed by atoms with van der Waals surface area (Å²) in [5.41, 5.74) is 6.85. The molecule has 0 fully saturated rings. The van der Waals surface area contributed by atoms with Crippen LogP contribution >= 0.6 is 0 Å². The smallest absolute Gasteiger partial charge is 0.141 e. The Balaban J connectivity index is 1.40. The first-order valence-corrected chi connectivity index (χ1v) is 13.7. The summed E-state index contributed by atoms with van der Waals surface area (Å²) in [4.78, 5) is 9.97. The number of nitrogens with zero attached hydrogens (tertiary/aromatic N) is 3. The molecule has 1 heterocycles. The minimum Gasteiger partial charge on any atom is -0.325 e. The third-order valence-corrected chi connectivity index (χ3v) is 7.28. The van der Waals surface area contributed by atoms with Crippen LogP contribution in [-0.4, -0.2) is 12.4 Å². The number of hydrogen-bond donors (Lipinski definition) is 0. The van der Waals surface area contributed by atoms with E-state index in [4.69, 9.17) is 4.99 Å². The molecule has 3 heteroatoms. The predicted molar refractivity (Wildman–Crippen MR) is 163 cm³/mol. The molecule has 0 atom stereocenters. The van der Waals surface area contributed by atoms with Gasteiger partial charge < -0.3 is 9.80 Å². The van der Waals surface area contributed by atoms with E-state index in [2.05, 4.69) is 138 Å². The van der Waals surface area contributed by atoms with Crippen LogP contribution < -0.4 is 9.80 Å². The Morgan fingerprint density at radius 3 is 1.89 bits per heavy atom. The van der Waals surface area contributed by atoms with Gasteiger partial charge >= 0.3 is 0 Å². The van der Waals surface area contributed by atoms with Crippen molar-refractivity contribution in [3.05, 3.63) is 127 Å². The second-order valence-corrected chi connectivity index (χ2v) is 9.85. The largest absolute Gasteiger partial charge is 0.325 e. The third-order valence-electron chi connectivity index (χ3n) is 7.28. The molecule has 3 nitrogen and oxygen atoms in total. The Morgan fingerprint density at radius 1 is 0.605 bits per heavy atom. The number of anilines is 4. The van der Waals surface area contributed by atoms with Crippen molar-refractivity contribution in [3.63, 3.8) is 0 Å². The van der Waals surface area contributed by atoms with Crippen molar-refractivity contribution in [2.45, 2.75) is 32.6 Å². The molecule has 5 aromatic carbocycles. The van der Waals surface area contributed by atoms with Gasteiger partial charge in [-0.2, -0.15) is 0 Å². The van der Waals surface area contributed by atoms with Crippen LogP contribution in [0.4, 0.5) is 28.4 Å². The van der Waals surface area contributed by atoms with Gasteiger partial charge in [-0.1, -0.05) is 86.8 Å². The second-order valence-electron chi connectivity index (χ2n) is 9.85. The van der Waals surface area contributed by atoms with Gasteiger partial charge in [-0.25, -0.2) is 4.99 Å². The lowest BCUT2D eigenvalue weighted by Crippen LogP contribution is -2.34. The standard InChI is InChI=1S/C35H33N3/c1-2-3-4-11-26-37-33-21-13-15-27-14-12-20-32(34(27)33)36-35(37)28-22-24-31(25-23-28)38(29-16-7-5-8-17-29)30-18-9-6-10-19-30/h5-10,12-25H,2-4,11,26H2,1H3. The summed E-state index contributed by atoms with van der Waals surface area (Å²) < 4.78 is 0. The number of benzene rings is 5. The second kappa shape index (κ2) is 10.9. The molecular weight excluding hydrogens is 462 g/mol. The molecule has 1 aliphatic rings. The van der Waals surface area contributed by atoms with Gasteiger partial charge in [0.25, 0.3) is 0 Å². The van der Waals surface area contributed by atoms with Crippen molar-refractivity contribution in [2.24, 2.45) is 4.99 Å². The lowest BCUT2D eigenvalue weighted by Gasteiger charge is -2.32. The monoisotopic (exact) mass is 495 g/mol. The molecule has 0 spiro atoms. The average molecular weight is 496 g/mol. The van der Waals surface area contributed by atoms with Gasteiger partial charge in [0.05, 0.1) is 11.4 Å². The van der Waals surface area contributed by atoms with Crippen molar-refractivity contribution in [1.82, 2.24) is 0 Å². The molecule has 6 rings (SSSR count). The lowest BCUT2D eigenvalue weighted by atomic mass is 10.0. The minimum absolute atomic E-state index is 0.966. The van der Waals surface area contributed by atoms with Gasteiger partial charge in [0.1, 0.15) is 5.84 Å². The maximum Gasteiger partial charge on any atom is 0.141 e. The molecular formula is C35H33N3. The van der Waals surface area contributed by atoms with Crippen molar-refractivity contribution >= 4 is 45.0 Å². The van der Waals surface area contributed by atoms with E-state index < -0.39 is 0 Å². The van der Waals surface area contributed by atoms with Gasteiger partial charge in [0.2, 0.25) is 0 Å². The highest BCUT2D eigenvalue weighted by Gasteiger charge is 2.24. The molecule has 0 amide bonds.